The molecule has 0 saturated carbocycles. The lowest BCUT2D eigenvalue weighted by molar-refractivity contribution is 0.305. The lowest BCUT2D eigenvalue weighted by atomic mass is 10.1. The number of aromatic nitrogens is 4. The van der Waals surface area contributed by atoms with Crippen molar-refractivity contribution in [1.82, 2.24) is 19.9 Å². The third-order valence-corrected chi connectivity index (χ3v) is 3.97. The van der Waals surface area contributed by atoms with Crippen LogP contribution in [0.1, 0.15) is 5.56 Å². The molecule has 7 heteroatoms. The zero-order chi connectivity index (χ0) is 17.8. The van der Waals surface area contributed by atoms with Crippen LogP contribution in [0.5, 0.6) is 5.75 Å². The lowest BCUT2D eigenvalue weighted by Crippen LogP contribution is -1.98. The quantitative estimate of drug-likeness (QED) is 0.530. The Morgan fingerprint density at radius 3 is 2.65 bits per heavy atom. The first-order valence-electron chi connectivity index (χ1n) is 7.92. The molecule has 0 spiro atoms. The highest BCUT2D eigenvalue weighted by molar-refractivity contribution is 6.29. The fraction of sp³-hybridized carbons (Fsp3) is 0.0526. The normalized spacial score (nSPS) is 10.7. The van der Waals surface area contributed by atoms with E-state index >= 15 is 0 Å². The van der Waals surface area contributed by atoms with E-state index in [0.29, 0.717) is 11.8 Å². The summed E-state index contributed by atoms with van der Waals surface area (Å²) >= 11 is 5.82. The minimum Gasteiger partial charge on any atom is -0.489 e. The molecule has 0 aliphatic rings. The Hall–Kier alpha value is -3.25. The SMILES string of the molecule is Clc1ccc(Nc2nccc3cc(OCc4cncnc4)ccc23)cn1. The van der Waals surface area contributed by atoms with Crippen LogP contribution in [-0.2, 0) is 6.61 Å². The first kappa shape index (κ1) is 16.2. The van der Waals surface area contributed by atoms with Gasteiger partial charge in [-0.05, 0) is 41.8 Å². The number of benzene rings is 1. The van der Waals surface area contributed by atoms with Gasteiger partial charge in [-0.1, -0.05) is 11.6 Å². The van der Waals surface area contributed by atoms with Crippen LogP contribution in [0.25, 0.3) is 10.8 Å². The van der Waals surface area contributed by atoms with E-state index in [1.807, 2.05) is 30.3 Å². The third-order valence-electron chi connectivity index (χ3n) is 3.75. The molecule has 0 radical (unpaired) electrons. The maximum Gasteiger partial charge on any atom is 0.138 e. The molecular weight excluding hydrogens is 350 g/mol. The number of anilines is 2. The first-order chi connectivity index (χ1) is 12.8. The second-order valence-electron chi connectivity index (χ2n) is 5.57. The van der Waals surface area contributed by atoms with Gasteiger partial charge >= 0.3 is 0 Å². The minimum atomic E-state index is 0.416. The van der Waals surface area contributed by atoms with Gasteiger partial charge in [-0.2, -0.15) is 0 Å². The molecule has 128 valence electrons. The number of hydrogen-bond donors (Lipinski definition) is 1. The van der Waals surface area contributed by atoms with Crippen molar-refractivity contribution in [3.8, 4) is 5.75 Å². The zero-order valence-electron chi connectivity index (χ0n) is 13.6. The van der Waals surface area contributed by atoms with Gasteiger partial charge in [0.25, 0.3) is 0 Å². The van der Waals surface area contributed by atoms with Gasteiger partial charge in [0.05, 0.1) is 11.9 Å². The van der Waals surface area contributed by atoms with Gasteiger partial charge in [0, 0.05) is 29.5 Å². The molecule has 4 aromatic rings. The second kappa shape index (κ2) is 7.33. The lowest BCUT2D eigenvalue weighted by Gasteiger charge is -2.10. The number of rotatable bonds is 5. The number of pyridine rings is 2. The van der Waals surface area contributed by atoms with E-state index in [4.69, 9.17) is 16.3 Å². The summed E-state index contributed by atoms with van der Waals surface area (Å²) < 4.78 is 5.83. The molecule has 3 heterocycles. The van der Waals surface area contributed by atoms with E-state index in [0.717, 1.165) is 33.6 Å². The van der Waals surface area contributed by atoms with E-state index < -0.39 is 0 Å². The molecule has 0 unspecified atom stereocenters. The number of fused-ring (bicyclic) bond motifs is 1. The molecule has 0 aliphatic carbocycles. The predicted octanol–water partition coefficient (Wildman–Crippen LogP) is 4.40. The van der Waals surface area contributed by atoms with Crippen LogP contribution in [0, 0.1) is 0 Å². The number of hydrogen-bond acceptors (Lipinski definition) is 6. The summed E-state index contributed by atoms with van der Waals surface area (Å²) in [5.74, 6) is 1.52. The van der Waals surface area contributed by atoms with Crippen LogP contribution in [-0.4, -0.2) is 19.9 Å². The Bertz CT molecular complexity index is 1020. The van der Waals surface area contributed by atoms with Crippen molar-refractivity contribution in [3.05, 3.63) is 78.2 Å². The highest BCUT2D eigenvalue weighted by Gasteiger charge is 2.05. The standard InChI is InChI=1S/C19H14ClN5O/c20-18-4-1-15(10-24-18)25-19-17-3-2-16(7-14(17)5-6-23-19)26-11-13-8-21-12-22-9-13/h1-10,12H,11H2,(H,23,25). The fourth-order valence-electron chi connectivity index (χ4n) is 2.50. The van der Waals surface area contributed by atoms with Gasteiger partial charge in [0.1, 0.15) is 29.7 Å². The van der Waals surface area contributed by atoms with Crippen molar-refractivity contribution in [2.75, 3.05) is 5.32 Å². The number of nitrogens with zero attached hydrogens (tertiary/aromatic N) is 4. The highest BCUT2D eigenvalue weighted by Crippen LogP contribution is 2.28. The minimum absolute atomic E-state index is 0.416. The first-order valence-corrected chi connectivity index (χ1v) is 8.30. The molecule has 1 aromatic carbocycles. The Labute approximate surface area is 154 Å². The number of ether oxygens (including phenoxy) is 1. The van der Waals surface area contributed by atoms with Gasteiger partial charge in [-0.25, -0.2) is 19.9 Å². The van der Waals surface area contributed by atoms with Crippen molar-refractivity contribution in [2.45, 2.75) is 6.61 Å². The van der Waals surface area contributed by atoms with E-state index in [1.54, 1.807) is 30.9 Å². The smallest absolute Gasteiger partial charge is 0.138 e. The Balaban J connectivity index is 1.56. The molecule has 26 heavy (non-hydrogen) atoms. The molecule has 3 aromatic heterocycles. The van der Waals surface area contributed by atoms with Gasteiger partial charge in [-0.15, -0.1) is 0 Å². The second-order valence-corrected chi connectivity index (χ2v) is 5.96. The molecular formula is C19H14ClN5O. The maximum atomic E-state index is 5.83. The monoisotopic (exact) mass is 363 g/mol. The molecule has 4 rings (SSSR count). The van der Waals surface area contributed by atoms with Crippen LogP contribution in [0.2, 0.25) is 5.15 Å². The topological polar surface area (TPSA) is 72.8 Å². The van der Waals surface area contributed by atoms with Crippen molar-refractivity contribution < 1.29 is 4.74 Å². The Morgan fingerprint density at radius 1 is 0.962 bits per heavy atom. The van der Waals surface area contributed by atoms with E-state index in [-0.39, 0.29) is 0 Å². The van der Waals surface area contributed by atoms with E-state index in [1.165, 1.54) is 6.33 Å². The van der Waals surface area contributed by atoms with Crippen LogP contribution in [0.15, 0.2) is 67.5 Å². The molecule has 0 atom stereocenters. The van der Waals surface area contributed by atoms with Crippen LogP contribution >= 0.6 is 11.6 Å². The average Bonchev–Trinajstić information content (AvgIpc) is 2.69. The average molecular weight is 364 g/mol. The summed E-state index contributed by atoms with van der Waals surface area (Å²) in [5.41, 5.74) is 1.73. The summed E-state index contributed by atoms with van der Waals surface area (Å²) in [6.07, 6.45) is 8.39. The zero-order valence-corrected chi connectivity index (χ0v) is 14.4. The summed E-state index contributed by atoms with van der Waals surface area (Å²) in [6, 6.07) is 11.4. The van der Waals surface area contributed by atoms with Crippen molar-refractivity contribution in [1.29, 1.82) is 0 Å². The van der Waals surface area contributed by atoms with Crippen molar-refractivity contribution in [2.24, 2.45) is 0 Å². The molecule has 0 fully saturated rings. The summed E-state index contributed by atoms with van der Waals surface area (Å²) in [6.45, 7) is 0.416. The van der Waals surface area contributed by atoms with Gasteiger partial charge in [0.2, 0.25) is 0 Å². The largest absolute Gasteiger partial charge is 0.489 e. The van der Waals surface area contributed by atoms with Crippen molar-refractivity contribution >= 4 is 33.9 Å². The van der Waals surface area contributed by atoms with Gasteiger partial charge in [0.15, 0.2) is 0 Å². The van der Waals surface area contributed by atoms with Crippen LogP contribution < -0.4 is 10.1 Å². The summed E-state index contributed by atoms with van der Waals surface area (Å²) in [5, 5.41) is 5.72. The van der Waals surface area contributed by atoms with Gasteiger partial charge < -0.3 is 10.1 Å². The molecule has 6 nitrogen and oxygen atoms in total. The third kappa shape index (κ3) is 3.70. The van der Waals surface area contributed by atoms with Crippen LogP contribution in [0.3, 0.4) is 0 Å². The Kier molecular flexibility index (Phi) is 4.57. The molecule has 0 saturated heterocycles. The predicted molar refractivity (Wildman–Crippen MR) is 101 cm³/mol. The summed E-state index contributed by atoms with van der Waals surface area (Å²) in [7, 11) is 0. The number of halogens is 1. The molecule has 0 bridgehead atoms. The fourth-order valence-corrected chi connectivity index (χ4v) is 2.61. The van der Waals surface area contributed by atoms with E-state index in [9.17, 15) is 0 Å². The van der Waals surface area contributed by atoms with Gasteiger partial charge in [-0.3, -0.25) is 0 Å². The van der Waals surface area contributed by atoms with Crippen LogP contribution in [0.4, 0.5) is 11.5 Å². The molecule has 1 N–H and O–H groups in total. The Morgan fingerprint density at radius 2 is 1.85 bits per heavy atom. The highest BCUT2D eigenvalue weighted by atomic mass is 35.5. The summed E-state index contributed by atoms with van der Waals surface area (Å²) in [4.78, 5) is 16.5. The number of nitrogens with one attached hydrogen (secondary N) is 1. The molecule has 0 aliphatic heterocycles. The van der Waals surface area contributed by atoms with Crippen molar-refractivity contribution in [3.63, 3.8) is 0 Å². The maximum absolute atomic E-state index is 5.83. The van der Waals surface area contributed by atoms with E-state index in [2.05, 4.69) is 25.3 Å². The molecule has 0 amide bonds.